The number of carbonyl (C=O) groups excluding carboxylic acids is 3. The quantitative estimate of drug-likeness (QED) is 0.489. The van der Waals surface area contributed by atoms with Crippen molar-refractivity contribution in [1.82, 2.24) is 15.5 Å². The van der Waals surface area contributed by atoms with E-state index < -0.39 is 12.1 Å². The summed E-state index contributed by atoms with van der Waals surface area (Å²) in [6.07, 6.45) is 5.75. The maximum atomic E-state index is 11.8. The summed E-state index contributed by atoms with van der Waals surface area (Å²) in [5.74, 6) is 1.54. The van der Waals surface area contributed by atoms with Gasteiger partial charge in [0.1, 0.15) is 0 Å². The van der Waals surface area contributed by atoms with E-state index in [2.05, 4.69) is 16.6 Å². The van der Waals surface area contributed by atoms with E-state index in [9.17, 15) is 14.4 Å². The average Bonchev–Trinajstić information content (AvgIpc) is 2.36. The number of likely N-dealkylation sites (N-methyl/N-ethyl adjacent to an activating group) is 1. The lowest BCUT2D eigenvalue weighted by atomic mass is 10.0. The molecule has 2 unspecified atom stereocenters. The molecule has 0 aromatic heterocycles. The second kappa shape index (κ2) is 6.17. The number of nitrogens with zero attached hydrogens (tertiary/aromatic N) is 1. The average molecular weight is 251 g/mol. The van der Waals surface area contributed by atoms with Gasteiger partial charge < -0.3 is 5.32 Å². The van der Waals surface area contributed by atoms with Crippen molar-refractivity contribution in [2.45, 2.75) is 31.8 Å². The molecular formula is C12H17N3O3. The number of nitrogens with one attached hydrogen (secondary N) is 2. The first-order valence-electron chi connectivity index (χ1n) is 5.75. The fourth-order valence-corrected chi connectivity index (χ4v) is 1.74. The summed E-state index contributed by atoms with van der Waals surface area (Å²) in [5.41, 5.74) is 0. The van der Waals surface area contributed by atoms with Crippen LogP contribution in [0.3, 0.4) is 0 Å². The number of piperidine rings is 1. The molecule has 1 fully saturated rings. The summed E-state index contributed by atoms with van der Waals surface area (Å²) in [6.45, 7) is 1.80. The van der Waals surface area contributed by atoms with Crippen LogP contribution in [0.2, 0.25) is 0 Å². The predicted molar refractivity (Wildman–Crippen MR) is 65.2 cm³/mol. The third-order valence-electron chi connectivity index (χ3n) is 2.86. The number of imide groups is 1. The van der Waals surface area contributed by atoms with Crippen LogP contribution in [0.25, 0.3) is 0 Å². The third-order valence-corrected chi connectivity index (χ3v) is 2.86. The van der Waals surface area contributed by atoms with Crippen molar-refractivity contribution in [2.24, 2.45) is 0 Å². The van der Waals surface area contributed by atoms with Crippen molar-refractivity contribution in [1.29, 1.82) is 0 Å². The molecule has 0 aromatic carbocycles. The van der Waals surface area contributed by atoms with Gasteiger partial charge in [0.2, 0.25) is 17.7 Å². The van der Waals surface area contributed by atoms with Crippen molar-refractivity contribution < 1.29 is 14.4 Å². The molecule has 1 aliphatic rings. The van der Waals surface area contributed by atoms with Crippen molar-refractivity contribution in [2.75, 3.05) is 13.6 Å². The number of terminal acetylenes is 1. The highest BCUT2D eigenvalue weighted by Crippen LogP contribution is 2.11. The first-order valence-corrected chi connectivity index (χ1v) is 5.75. The van der Waals surface area contributed by atoms with Crippen LogP contribution in [0.4, 0.5) is 0 Å². The van der Waals surface area contributed by atoms with Crippen LogP contribution in [0.15, 0.2) is 0 Å². The second-order valence-electron chi connectivity index (χ2n) is 4.19. The van der Waals surface area contributed by atoms with Gasteiger partial charge in [-0.25, -0.2) is 0 Å². The molecule has 18 heavy (non-hydrogen) atoms. The number of amides is 3. The standard InChI is InChI=1S/C12H17N3O3/c1-4-7-13-11(17)8(2)14-9-5-6-10(16)15(3)12(9)18/h1,8-9,14H,5-7H2,2-3H3,(H,13,17). The molecule has 0 spiro atoms. The predicted octanol–water partition coefficient (Wildman–Crippen LogP) is -1.14. The van der Waals surface area contributed by atoms with Gasteiger partial charge in [-0.2, -0.15) is 0 Å². The zero-order valence-electron chi connectivity index (χ0n) is 10.5. The molecule has 6 heteroatoms. The largest absolute Gasteiger partial charge is 0.344 e. The summed E-state index contributed by atoms with van der Waals surface area (Å²) in [7, 11) is 1.45. The van der Waals surface area contributed by atoms with Crippen molar-refractivity contribution in [3.63, 3.8) is 0 Å². The van der Waals surface area contributed by atoms with Gasteiger partial charge in [0.05, 0.1) is 18.6 Å². The second-order valence-corrected chi connectivity index (χ2v) is 4.19. The van der Waals surface area contributed by atoms with Crippen LogP contribution in [0.1, 0.15) is 19.8 Å². The summed E-state index contributed by atoms with van der Waals surface area (Å²) in [5, 5.41) is 5.43. The van der Waals surface area contributed by atoms with Gasteiger partial charge in [-0.1, -0.05) is 5.92 Å². The molecule has 1 saturated heterocycles. The lowest BCUT2D eigenvalue weighted by Gasteiger charge is -2.29. The molecule has 0 saturated carbocycles. The monoisotopic (exact) mass is 251 g/mol. The minimum atomic E-state index is -0.533. The van der Waals surface area contributed by atoms with Gasteiger partial charge in [0, 0.05) is 13.5 Å². The summed E-state index contributed by atoms with van der Waals surface area (Å²) < 4.78 is 0. The molecule has 2 atom stereocenters. The highest BCUT2D eigenvalue weighted by atomic mass is 16.2. The lowest BCUT2D eigenvalue weighted by molar-refractivity contribution is -0.148. The van der Waals surface area contributed by atoms with Gasteiger partial charge in [-0.3, -0.25) is 24.6 Å². The summed E-state index contributed by atoms with van der Waals surface area (Å²) >= 11 is 0. The number of rotatable bonds is 4. The molecule has 1 heterocycles. The van der Waals surface area contributed by atoms with Crippen LogP contribution in [-0.4, -0.2) is 48.3 Å². The van der Waals surface area contributed by atoms with E-state index >= 15 is 0 Å². The fraction of sp³-hybridized carbons (Fsp3) is 0.583. The first kappa shape index (κ1) is 14.2. The third kappa shape index (κ3) is 3.31. The Balaban J connectivity index is 2.52. The Morgan fingerprint density at radius 1 is 1.61 bits per heavy atom. The van der Waals surface area contributed by atoms with Crippen LogP contribution in [0.5, 0.6) is 0 Å². The van der Waals surface area contributed by atoms with E-state index in [0.717, 1.165) is 4.90 Å². The molecule has 2 N–H and O–H groups in total. The van der Waals surface area contributed by atoms with Gasteiger partial charge >= 0.3 is 0 Å². The van der Waals surface area contributed by atoms with Crippen molar-refractivity contribution in [3.05, 3.63) is 0 Å². The normalized spacial score (nSPS) is 21.4. The molecule has 6 nitrogen and oxygen atoms in total. The molecule has 1 rings (SSSR count). The van der Waals surface area contributed by atoms with Crippen LogP contribution in [0, 0.1) is 12.3 Å². The Kier molecular flexibility index (Phi) is 4.86. The van der Waals surface area contributed by atoms with Gasteiger partial charge in [0.15, 0.2) is 0 Å². The maximum absolute atomic E-state index is 11.8. The minimum absolute atomic E-state index is 0.155. The lowest BCUT2D eigenvalue weighted by Crippen LogP contribution is -2.56. The molecular weight excluding hydrogens is 234 g/mol. The Morgan fingerprint density at radius 2 is 2.28 bits per heavy atom. The molecule has 1 aliphatic heterocycles. The van der Waals surface area contributed by atoms with E-state index in [4.69, 9.17) is 6.42 Å². The van der Waals surface area contributed by atoms with E-state index in [0.29, 0.717) is 12.8 Å². The molecule has 0 radical (unpaired) electrons. The molecule has 98 valence electrons. The first-order chi connectivity index (χ1) is 8.47. The topological polar surface area (TPSA) is 78.5 Å². The molecule has 0 aromatic rings. The number of hydrogen-bond acceptors (Lipinski definition) is 4. The highest BCUT2D eigenvalue weighted by molar-refractivity contribution is 6.00. The van der Waals surface area contributed by atoms with Crippen molar-refractivity contribution in [3.8, 4) is 12.3 Å². The Bertz CT molecular complexity index is 400. The maximum Gasteiger partial charge on any atom is 0.246 e. The van der Waals surface area contributed by atoms with Gasteiger partial charge in [-0.15, -0.1) is 6.42 Å². The minimum Gasteiger partial charge on any atom is -0.344 e. The highest BCUT2D eigenvalue weighted by Gasteiger charge is 2.33. The zero-order valence-corrected chi connectivity index (χ0v) is 10.5. The number of hydrogen-bond donors (Lipinski definition) is 2. The fourth-order valence-electron chi connectivity index (χ4n) is 1.74. The number of carbonyl (C=O) groups is 3. The Morgan fingerprint density at radius 3 is 2.89 bits per heavy atom. The van der Waals surface area contributed by atoms with Crippen LogP contribution in [-0.2, 0) is 14.4 Å². The SMILES string of the molecule is C#CCNC(=O)C(C)NC1CCC(=O)N(C)C1=O. The van der Waals surface area contributed by atoms with Gasteiger partial charge in [0.25, 0.3) is 0 Å². The van der Waals surface area contributed by atoms with Gasteiger partial charge in [-0.05, 0) is 13.3 Å². The smallest absolute Gasteiger partial charge is 0.246 e. The van der Waals surface area contributed by atoms with Crippen LogP contribution < -0.4 is 10.6 Å². The molecule has 0 aliphatic carbocycles. The van der Waals surface area contributed by atoms with Crippen molar-refractivity contribution >= 4 is 17.7 Å². The summed E-state index contributed by atoms with van der Waals surface area (Å²) in [6, 6.07) is -1.03. The van der Waals surface area contributed by atoms with E-state index in [1.54, 1.807) is 6.92 Å². The Labute approximate surface area is 106 Å². The Hall–Kier alpha value is -1.87. The molecule has 3 amide bonds. The zero-order chi connectivity index (χ0) is 13.7. The number of likely N-dealkylation sites (tertiary alicyclic amines) is 1. The summed E-state index contributed by atoms with van der Waals surface area (Å²) in [4.78, 5) is 35.7. The van der Waals surface area contributed by atoms with E-state index in [1.807, 2.05) is 0 Å². The van der Waals surface area contributed by atoms with Crippen LogP contribution >= 0.6 is 0 Å². The molecule has 0 bridgehead atoms. The van der Waals surface area contributed by atoms with E-state index in [-0.39, 0.29) is 24.3 Å². The van der Waals surface area contributed by atoms with E-state index in [1.165, 1.54) is 7.05 Å².